The van der Waals surface area contributed by atoms with E-state index in [0.29, 0.717) is 19.8 Å². The molecule has 0 aliphatic carbocycles. The van der Waals surface area contributed by atoms with E-state index in [1.807, 2.05) is 13.0 Å². The number of piperidine rings is 1. The first kappa shape index (κ1) is 20.5. The van der Waals surface area contributed by atoms with Crippen molar-refractivity contribution in [2.75, 3.05) is 45.9 Å². The summed E-state index contributed by atoms with van der Waals surface area (Å²) in [5, 5.41) is 0. The van der Waals surface area contributed by atoms with Gasteiger partial charge in [-0.1, -0.05) is 6.07 Å². The maximum absolute atomic E-state index is 11.8. The van der Waals surface area contributed by atoms with E-state index in [4.69, 9.17) is 14.2 Å². The van der Waals surface area contributed by atoms with Gasteiger partial charge in [0, 0.05) is 38.3 Å². The molecule has 0 atom stereocenters. The predicted octanol–water partition coefficient (Wildman–Crippen LogP) is 2.21. The number of carbonyl (C=O) groups excluding carboxylic acids is 2. The van der Waals surface area contributed by atoms with Crippen molar-refractivity contribution in [2.24, 2.45) is 0 Å². The number of nitrogens with zero attached hydrogens (tertiary/aromatic N) is 2. The highest BCUT2D eigenvalue weighted by molar-refractivity contribution is 5.94. The van der Waals surface area contributed by atoms with Crippen LogP contribution >= 0.6 is 0 Å². The van der Waals surface area contributed by atoms with E-state index in [9.17, 15) is 9.59 Å². The summed E-state index contributed by atoms with van der Waals surface area (Å²) in [7, 11) is 0. The monoisotopic (exact) mass is 426 g/mol. The minimum Gasteiger partial charge on any atom is -0.457 e. The Labute approximate surface area is 182 Å². The van der Waals surface area contributed by atoms with Gasteiger partial charge in [-0.2, -0.15) is 0 Å². The van der Waals surface area contributed by atoms with Crippen molar-refractivity contribution in [1.82, 2.24) is 9.80 Å². The van der Waals surface area contributed by atoms with Crippen LogP contribution in [0.15, 0.2) is 23.4 Å². The van der Waals surface area contributed by atoms with Crippen LogP contribution < -0.4 is 0 Å². The molecule has 1 aromatic rings. The van der Waals surface area contributed by atoms with Gasteiger partial charge < -0.3 is 24.0 Å². The molecule has 0 aromatic heterocycles. The Hall–Kier alpha value is -2.38. The first-order chi connectivity index (χ1) is 15.0. The van der Waals surface area contributed by atoms with Crippen molar-refractivity contribution in [3.63, 3.8) is 0 Å². The summed E-state index contributed by atoms with van der Waals surface area (Å²) in [6.07, 6.45) is 2.96. The Bertz CT molecular complexity index is 946. The number of carbonyl (C=O) groups is 2. The molecule has 2 saturated heterocycles. The normalized spacial score (nSPS) is 23.4. The number of rotatable bonds is 4. The van der Waals surface area contributed by atoms with Gasteiger partial charge in [0.2, 0.25) is 0 Å². The largest absolute Gasteiger partial charge is 0.457 e. The van der Waals surface area contributed by atoms with Crippen LogP contribution in [-0.4, -0.2) is 73.3 Å². The van der Waals surface area contributed by atoms with Gasteiger partial charge >= 0.3 is 11.9 Å². The number of morpholine rings is 1. The third-order valence-electron chi connectivity index (χ3n) is 7.45. The fraction of sp³-hybridized carbons (Fsp3) is 0.583. The van der Waals surface area contributed by atoms with Gasteiger partial charge in [-0.05, 0) is 50.3 Å². The molecule has 2 fully saturated rings. The zero-order valence-electron chi connectivity index (χ0n) is 18.4. The van der Waals surface area contributed by atoms with Crippen LogP contribution in [0.2, 0.25) is 0 Å². The lowest BCUT2D eigenvalue weighted by molar-refractivity contribution is -0.136. The molecule has 7 nitrogen and oxygen atoms in total. The van der Waals surface area contributed by atoms with Crippen LogP contribution in [0, 0.1) is 6.92 Å². The third-order valence-corrected chi connectivity index (χ3v) is 7.45. The molecule has 4 aliphatic rings. The lowest BCUT2D eigenvalue weighted by Crippen LogP contribution is -2.56. The lowest BCUT2D eigenvalue weighted by atomic mass is 9.88. The second kappa shape index (κ2) is 7.95. The maximum atomic E-state index is 11.8. The molecule has 7 heteroatoms. The van der Waals surface area contributed by atoms with E-state index in [-0.39, 0.29) is 17.5 Å². The Balaban J connectivity index is 1.18. The molecule has 0 N–H and O–H groups in total. The van der Waals surface area contributed by atoms with Crippen molar-refractivity contribution < 1.29 is 23.8 Å². The minimum atomic E-state index is -0.202. The number of likely N-dealkylation sites (tertiary alicyclic amines) is 1. The summed E-state index contributed by atoms with van der Waals surface area (Å²) in [5.41, 5.74) is 5.91. The molecular weight excluding hydrogens is 396 g/mol. The van der Waals surface area contributed by atoms with Gasteiger partial charge in [0.15, 0.2) is 0 Å². The summed E-state index contributed by atoms with van der Waals surface area (Å²) in [6.45, 7) is 10.1. The van der Waals surface area contributed by atoms with Crippen LogP contribution in [0.3, 0.4) is 0 Å². The number of hydrogen-bond acceptors (Lipinski definition) is 7. The van der Waals surface area contributed by atoms with E-state index >= 15 is 0 Å². The van der Waals surface area contributed by atoms with Gasteiger partial charge in [0.1, 0.15) is 13.2 Å². The number of cyclic esters (lactones) is 2. The van der Waals surface area contributed by atoms with Crippen LogP contribution in [0.1, 0.15) is 46.8 Å². The fourth-order valence-corrected chi connectivity index (χ4v) is 5.31. The molecule has 4 aliphatic heterocycles. The van der Waals surface area contributed by atoms with Crippen LogP contribution in [0.25, 0.3) is 0 Å². The minimum absolute atomic E-state index is 0.130. The topological polar surface area (TPSA) is 68.3 Å². The second-order valence-electron chi connectivity index (χ2n) is 9.14. The Morgan fingerprint density at radius 3 is 2.52 bits per heavy atom. The molecule has 0 amide bonds. The molecule has 4 heterocycles. The third kappa shape index (κ3) is 3.74. The molecule has 0 radical (unpaired) electrons. The van der Waals surface area contributed by atoms with E-state index in [1.54, 1.807) is 0 Å². The summed E-state index contributed by atoms with van der Waals surface area (Å²) in [5.74, 6) is -0.393. The van der Waals surface area contributed by atoms with Gasteiger partial charge in [-0.3, -0.25) is 0 Å². The number of benzene rings is 1. The van der Waals surface area contributed by atoms with E-state index < -0.39 is 0 Å². The van der Waals surface area contributed by atoms with E-state index in [0.717, 1.165) is 74.4 Å². The van der Waals surface area contributed by atoms with Crippen LogP contribution in [0.4, 0.5) is 0 Å². The van der Waals surface area contributed by atoms with Crippen molar-refractivity contribution in [3.05, 3.63) is 45.7 Å². The average Bonchev–Trinajstić information content (AvgIpc) is 3.32. The number of fused-ring (bicyclic) bond motifs is 1. The number of hydrogen-bond donors (Lipinski definition) is 0. The number of esters is 2. The molecule has 1 spiro atoms. The Morgan fingerprint density at radius 2 is 1.77 bits per heavy atom. The Morgan fingerprint density at radius 1 is 1.00 bits per heavy atom. The quantitative estimate of drug-likeness (QED) is 0.684. The summed E-state index contributed by atoms with van der Waals surface area (Å²) >= 11 is 0. The van der Waals surface area contributed by atoms with Crippen LogP contribution in [-0.2, 0) is 32.0 Å². The second-order valence-corrected chi connectivity index (χ2v) is 9.14. The van der Waals surface area contributed by atoms with Crippen molar-refractivity contribution in [2.45, 2.75) is 45.3 Å². The summed E-state index contributed by atoms with van der Waals surface area (Å²) < 4.78 is 16.7. The molecule has 0 bridgehead atoms. The van der Waals surface area contributed by atoms with Gasteiger partial charge in [0.05, 0.1) is 29.0 Å². The zero-order valence-corrected chi connectivity index (χ0v) is 18.4. The number of ether oxygens (including phenoxy) is 3. The first-order valence-electron chi connectivity index (χ1n) is 11.2. The van der Waals surface area contributed by atoms with E-state index in [2.05, 4.69) is 22.8 Å². The molecular formula is C24H30N2O5. The zero-order chi connectivity index (χ0) is 21.6. The SMILES string of the molecule is CC1=C(N2CCOC3(CCN(CCc4ccc5c(c4C)COC5=O)CC3)C2)COC1=O. The molecule has 0 unspecified atom stereocenters. The standard InChI is InChI=1S/C24H30N2O5/c1-16-18(3-4-19-20(16)13-29-23(19)28)5-8-25-9-6-24(7-10-25)15-26(11-12-31-24)21-14-30-22(27)17(21)2/h3-4H,5-15H2,1-2H3. The molecule has 1 aromatic carbocycles. The highest BCUT2D eigenvalue weighted by Crippen LogP contribution is 2.33. The van der Waals surface area contributed by atoms with Crippen LogP contribution in [0.5, 0.6) is 0 Å². The molecule has 31 heavy (non-hydrogen) atoms. The fourth-order valence-electron chi connectivity index (χ4n) is 5.31. The van der Waals surface area contributed by atoms with Gasteiger partial charge in [-0.15, -0.1) is 0 Å². The Kier molecular flexibility index (Phi) is 5.26. The van der Waals surface area contributed by atoms with Crippen molar-refractivity contribution in [1.29, 1.82) is 0 Å². The van der Waals surface area contributed by atoms with E-state index in [1.165, 1.54) is 11.1 Å². The molecule has 166 valence electrons. The van der Waals surface area contributed by atoms with Crippen molar-refractivity contribution >= 4 is 11.9 Å². The average molecular weight is 427 g/mol. The van der Waals surface area contributed by atoms with Gasteiger partial charge in [-0.25, -0.2) is 9.59 Å². The molecule has 5 rings (SSSR count). The molecule has 0 saturated carbocycles. The summed E-state index contributed by atoms with van der Waals surface area (Å²) in [6, 6.07) is 3.99. The predicted molar refractivity (Wildman–Crippen MR) is 114 cm³/mol. The maximum Gasteiger partial charge on any atom is 0.338 e. The van der Waals surface area contributed by atoms with Crippen molar-refractivity contribution in [3.8, 4) is 0 Å². The first-order valence-corrected chi connectivity index (χ1v) is 11.2. The summed E-state index contributed by atoms with van der Waals surface area (Å²) in [4.78, 5) is 28.3. The van der Waals surface area contributed by atoms with Gasteiger partial charge in [0.25, 0.3) is 0 Å². The highest BCUT2D eigenvalue weighted by atomic mass is 16.5. The lowest BCUT2D eigenvalue weighted by Gasteiger charge is -2.48. The highest BCUT2D eigenvalue weighted by Gasteiger charge is 2.41. The smallest absolute Gasteiger partial charge is 0.338 e.